The average molecular weight is 434 g/mol. The first kappa shape index (κ1) is 20.6. The van der Waals surface area contributed by atoms with Crippen LogP contribution in [0.25, 0.3) is 0 Å². The van der Waals surface area contributed by atoms with Crippen molar-refractivity contribution in [1.82, 2.24) is 0 Å². The molecule has 0 spiro atoms. The maximum atomic E-state index is 12.2. The molecule has 7 heteroatoms. The molecule has 0 atom stereocenters. The van der Waals surface area contributed by atoms with Crippen LogP contribution >= 0.6 is 15.9 Å². The Morgan fingerprint density at radius 3 is 2.33 bits per heavy atom. The second kappa shape index (κ2) is 9.32. The monoisotopic (exact) mass is 433 g/mol. The van der Waals surface area contributed by atoms with Crippen molar-refractivity contribution < 1.29 is 23.9 Å². The normalized spacial score (nSPS) is 10.4. The van der Waals surface area contributed by atoms with Gasteiger partial charge in [0, 0.05) is 21.6 Å². The van der Waals surface area contributed by atoms with Crippen LogP contribution in [0.4, 0.5) is 5.69 Å². The molecule has 0 aliphatic heterocycles. The van der Waals surface area contributed by atoms with E-state index >= 15 is 0 Å². The molecule has 2 aromatic carbocycles. The molecular weight excluding hydrogens is 414 g/mol. The highest BCUT2D eigenvalue weighted by Gasteiger charge is 2.16. The predicted octanol–water partition coefficient (Wildman–Crippen LogP) is 4.09. The van der Waals surface area contributed by atoms with Crippen molar-refractivity contribution in [2.24, 2.45) is 5.92 Å². The van der Waals surface area contributed by atoms with E-state index in [2.05, 4.69) is 21.2 Å². The van der Waals surface area contributed by atoms with Crippen LogP contribution in [0.5, 0.6) is 5.75 Å². The molecule has 6 nitrogen and oxygen atoms in total. The van der Waals surface area contributed by atoms with Crippen molar-refractivity contribution >= 4 is 39.3 Å². The quantitative estimate of drug-likeness (QED) is 0.525. The van der Waals surface area contributed by atoms with E-state index in [4.69, 9.17) is 9.47 Å². The van der Waals surface area contributed by atoms with Gasteiger partial charge in [-0.3, -0.25) is 9.59 Å². The molecule has 1 N–H and O–H groups in total. The summed E-state index contributed by atoms with van der Waals surface area (Å²) in [7, 11) is 1.50. The highest BCUT2D eigenvalue weighted by molar-refractivity contribution is 9.10. The Bertz CT molecular complexity index is 846. The molecular formula is C20H20BrNO5. The number of benzene rings is 2. The van der Waals surface area contributed by atoms with E-state index in [1.54, 1.807) is 50.2 Å². The van der Waals surface area contributed by atoms with Crippen LogP contribution in [0.1, 0.15) is 34.6 Å². The lowest BCUT2D eigenvalue weighted by Crippen LogP contribution is -2.18. The number of anilines is 1. The Morgan fingerprint density at radius 1 is 1.07 bits per heavy atom. The van der Waals surface area contributed by atoms with Crippen molar-refractivity contribution in [3.05, 3.63) is 58.1 Å². The molecule has 0 saturated heterocycles. The first-order chi connectivity index (χ1) is 12.8. The van der Waals surface area contributed by atoms with Gasteiger partial charge in [0.05, 0.1) is 12.7 Å². The number of esters is 1. The zero-order valence-electron chi connectivity index (χ0n) is 15.2. The van der Waals surface area contributed by atoms with Crippen LogP contribution in [-0.4, -0.2) is 31.4 Å². The molecule has 1 amide bonds. The number of ketones is 1. The maximum Gasteiger partial charge on any atom is 0.339 e. The lowest BCUT2D eigenvalue weighted by atomic mass is 10.1. The van der Waals surface area contributed by atoms with Crippen LogP contribution < -0.4 is 10.1 Å². The van der Waals surface area contributed by atoms with Crippen LogP contribution in [0.3, 0.4) is 0 Å². The molecule has 0 unspecified atom stereocenters. The van der Waals surface area contributed by atoms with Crippen LogP contribution in [0.15, 0.2) is 46.9 Å². The third kappa shape index (κ3) is 5.65. The summed E-state index contributed by atoms with van der Waals surface area (Å²) in [5, 5.41) is 2.74. The van der Waals surface area contributed by atoms with Crippen molar-refractivity contribution in [2.45, 2.75) is 13.8 Å². The number of carbonyl (C=O) groups is 3. The second-order valence-electron chi connectivity index (χ2n) is 6.07. The summed E-state index contributed by atoms with van der Waals surface area (Å²) in [5.41, 5.74) is 1.26. The Hall–Kier alpha value is -2.67. The van der Waals surface area contributed by atoms with Gasteiger partial charge in [-0.25, -0.2) is 4.79 Å². The highest BCUT2D eigenvalue weighted by atomic mass is 79.9. The Morgan fingerprint density at radius 2 is 1.74 bits per heavy atom. The van der Waals surface area contributed by atoms with E-state index in [-0.39, 0.29) is 29.8 Å². The molecule has 0 fully saturated rings. The van der Waals surface area contributed by atoms with Crippen molar-refractivity contribution in [1.29, 1.82) is 0 Å². The zero-order valence-corrected chi connectivity index (χ0v) is 16.8. The summed E-state index contributed by atoms with van der Waals surface area (Å²) in [6, 6.07) is 11.3. The molecule has 2 aromatic rings. The largest absolute Gasteiger partial charge is 0.497 e. The zero-order chi connectivity index (χ0) is 20.0. The molecule has 0 aliphatic rings. The number of amides is 1. The van der Waals surface area contributed by atoms with Gasteiger partial charge in [-0.15, -0.1) is 0 Å². The van der Waals surface area contributed by atoms with E-state index in [1.807, 2.05) is 0 Å². The number of halogens is 1. The summed E-state index contributed by atoms with van der Waals surface area (Å²) in [6.45, 7) is 3.20. The van der Waals surface area contributed by atoms with Gasteiger partial charge in [0.1, 0.15) is 5.75 Å². The van der Waals surface area contributed by atoms with Gasteiger partial charge in [-0.05, 0) is 58.4 Å². The van der Waals surface area contributed by atoms with Crippen LogP contribution in [0, 0.1) is 5.92 Å². The standard InChI is InChI=1S/C20H20BrNO5/c1-12(2)19(24)22-14-6-4-13(5-7-14)18(23)11-27-20(25)16-10-15(26-3)8-9-17(16)21/h4-10,12H,11H2,1-3H3,(H,22,24). The predicted molar refractivity (Wildman–Crippen MR) is 105 cm³/mol. The number of nitrogens with one attached hydrogen (secondary N) is 1. The second-order valence-corrected chi connectivity index (χ2v) is 6.92. The van der Waals surface area contributed by atoms with Gasteiger partial charge in [-0.2, -0.15) is 0 Å². The third-order valence-electron chi connectivity index (χ3n) is 3.73. The molecule has 0 heterocycles. The maximum absolute atomic E-state index is 12.2. The number of rotatable bonds is 7. The van der Waals surface area contributed by atoms with E-state index in [9.17, 15) is 14.4 Å². The van der Waals surface area contributed by atoms with Crippen LogP contribution in [0.2, 0.25) is 0 Å². The number of ether oxygens (including phenoxy) is 2. The first-order valence-electron chi connectivity index (χ1n) is 8.26. The van der Waals surface area contributed by atoms with E-state index in [1.165, 1.54) is 13.2 Å². The molecule has 27 heavy (non-hydrogen) atoms. The SMILES string of the molecule is COc1ccc(Br)c(C(=O)OCC(=O)c2ccc(NC(=O)C(C)C)cc2)c1. The minimum Gasteiger partial charge on any atom is -0.497 e. The van der Waals surface area contributed by atoms with Gasteiger partial charge < -0.3 is 14.8 Å². The fourth-order valence-electron chi connectivity index (χ4n) is 2.11. The summed E-state index contributed by atoms with van der Waals surface area (Å²) in [6.07, 6.45) is 0. The fraction of sp³-hybridized carbons (Fsp3) is 0.250. The summed E-state index contributed by atoms with van der Waals surface area (Å²) >= 11 is 3.27. The van der Waals surface area contributed by atoms with E-state index in [0.29, 0.717) is 21.5 Å². The summed E-state index contributed by atoms with van der Waals surface area (Å²) in [5.74, 6) is -0.705. The van der Waals surface area contributed by atoms with Crippen molar-refractivity contribution in [2.75, 3.05) is 19.0 Å². The minimum atomic E-state index is -0.630. The molecule has 0 aliphatic carbocycles. The summed E-state index contributed by atoms with van der Waals surface area (Å²) < 4.78 is 10.7. The number of hydrogen-bond acceptors (Lipinski definition) is 5. The molecule has 2 rings (SSSR count). The highest BCUT2D eigenvalue weighted by Crippen LogP contribution is 2.23. The minimum absolute atomic E-state index is 0.105. The molecule has 0 bridgehead atoms. The first-order valence-corrected chi connectivity index (χ1v) is 9.06. The molecule has 142 valence electrons. The number of methoxy groups -OCH3 is 1. The van der Waals surface area contributed by atoms with Crippen molar-refractivity contribution in [3.8, 4) is 5.75 Å². The smallest absolute Gasteiger partial charge is 0.339 e. The van der Waals surface area contributed by atoms with Crippen LogP contribution in [-0.2, 0) is 9.53 Å². The average Bonchev–Trinajstić information content (AvgIpc) is 2.66. The van der Waals surface area contributed by atoms with Gasteiger partial charge >= 0.3 is 5.97 Å². The molecule has 0 aromatic heterocycles. The fourth-order valence-corrected chi connectivity index (χ4v) is 2.51. The lowest BCUT2D eigenvalue weighted by Gasteiger charge is -2.09. The van der Waals surface area contributed by atoms with Gasteiger partial charge in [0.25, 0.3) is 0 Å². The van der Waals surface area contributed by atoms with Crippen molar-refractivity contribution in [3.63, 3.8) is 0 Å². The summed E-state index contributed by atoms with van der Waals surface area (Å²) in [4.78, 5) is 36.1. The third-order valence-corrected chi connectivity index (χ3v) is 4.42. The van der Waals surface area contributed by atoms with E-state index < -0.39 is 5.97 Å². The Labute approximate surface area is 166 Å². The van der Waals surface area contributed by atoms with Gasteiger partial charge in [0.2, 0.25) is 5.91 Å². The lowest BCUT2D eigenvalue weighted by molar-refractivity contribution is -0.118. The molecule has 0 radical (unpaired) electrons. The topological polar surface area (TPSA) is 81.7 Å². The van der Waals surface area contributed by atoms with Gasteiger partial charge in [-0.1, -0.05) is 13.8 Å². The van der Waals surface area contributed by atoms with E-state index in [0.717, 1.165) is 0 Å². The van der Waals surface area contributed by atoms with Gasteiger partial charge in [0.15, 0.2) is 12.4 Å². The number of hydrogen-bond donors (Lipinski definition) is 1. The molecule has 0 saturated carbocycles. The number of carbonyl (C=O) groups excluding carboxylic acids is 3. The number of Topliss-reactive ketones (excluding diaryl/α,β-unsaturated/α-hetero) is 1. The Kier molecular flexibility index (Phi) is 7.12. The Balaban J connectivity index is 1.97.